The fourth-order valence-electron chi connectivity index (χ4n) is 1.26. The second-order valence-corrected chi connectivity index (χ2v) is 6.20. The Morgan fingerprint density at radius 2 is 1.75 bits per heavy atom. The molecule has 0 fully saturated rings. The second-order valence-electron chi connectivity index (χ2n) is 6.20. The first-order valence-corrected chi connectivity index (χ1v) is 6.13. The summed E-state index contributed by atoms with van der Waals surface area (Å²) in [5.41, 5.74) is -0.0696. The summed E-state index contributed by atoms with van der Waals surface area (Å²) in [5.74, 6) is 0. The molecule has 0 heterocycles. The van der Waals surface area contributed by atoms with Gasteiger partial charge in [0.15, 0.2) is 0 Å². The molecule has 1 unspecified atom stereocenters. The third-order valence-electron chi connectivity index (χ3n) is 2.87. The Bertz CT molecular complexity index is 185. The number of quaternary nitrogens is 1. The number of methoxy groups -OCH3 is 1. The molecule has 0 radical (unpaired) electrons. The lowest BCUT2D eigenvalue weighted by atomic mass is 10.1. The monoisotopic (exact) mass is 232 g/mol. The zero-order chi connectivity index (χ0) is 12.8. The van der Waals surface area contributed by atoms with Gasteiger partial charge < -0.3 is 14.0 Å². The van der Waals surface area contributed by atoms with Gasteiger partial charge in [0.25, 0.3) is 0 Å². The molecular formula is C13H30NO2+. The van der Waals surface area contributed by atoms with Crippen LogP contribution in [0.3, 0.4) is 0 Å². The van der Waals surface area contributed by atoms with Gasteiger partial charge in [0.2, 0.25) is 0 Å². The zero-order valence-electron chi connectivity index (χ0n) is 12.2. The summed E-state index contributed by atoms with van der Waals surface area (Å²) in [6.45, 7) is 8.25. The van der Waals surface area contributed by atoms with Crippen molar-refractivity contribution >= 4 is 0 Å². The number of hydrogen-bond donors (Lipinski definition) is 0. The minimum atomic E-state index is -0.0696. The van der Waals surface area contributed by atoms with Gasteiger partial charge in [0, 0.05) is 20.1 Å². The van der Waals surface area contributed by atoms with Crippen LogP contribution in [-0.4, -0.2) is 57.6 Å². The molecule has 0 rings (SSSR count). The van der Waals surface area contributed by atoms with Crippen molar-refractivity contribution in [2.45, 2.75) is 45.3 Å². The Labute approximate surface area is 101 Å². The molecule has 0 aromatic heterocycles. The van der Waals surface area contributed by atoms with Crippen LogP contribution in [0.25, 0.3) is 0 Å². The molecule has 0 saturated carbocycles. The molecule has 0 N–H and O–H groups in total. The van der Waals surface area contributed by atoms with Crippen molar-refractivity contribution in [3.05, 3.63) is 0 Å². The highest BCUT2D eigenvalue weighted by atomic mass is 16.5. The van der Waals surface area contributed by atoms with Crippen LogP contribution in [0.5, 0.6) is 0 Å². The van der Waals surface area contributed by atoms with Gasteiger partial charge in [-0.25, -0.2) is 0 Å². The third kappa shape index (κ3) is 9.13. The van der Waals surface area contributed by atoms with Crippen LogP contribution in [-0.2, 0) is 9.47 Å². The fraction of sp³-hybridized carbons (Fsp3) is 1.00. The Balaban J connectivity index is 3.63. The van der Waals surface area contributed by atoms with E-state index in [4.69, 9.17) is 9.47 Å². The van der Waals surface area contributed by atoms with E-state index in [1.54, 1.807) is 7.11 Å². The molecule has 1 atom stereocenters. The van der Waals surface area contributed by atoms with Crippen LogP contribution in [0.4, 0.5) is 0 Å². The van der Waals surface area contributed by atoms with E-state index in [0.717, 1.165) is 30.5 Å². The number of rotatable bonds is 8. The average Bonchev–Trinajstić information content (AvgIpc) is 2.13. The number of nitrogens with zero attached hydrogens (tertiary/aromatic N) is 1. The highest BCUT2D eigenvalue weighted by molar-refractivity contribution is 4.67. The summed E-state index contributed by atoms with van der Waals surface area (Å²) in [7, 11) is 8.38. The summed E-state index contributed by atoms with van der Waals surface area (Å²) in [5, 5.41) is 0. The molecule has 0 bridgehead atoms. The van der Waals surface area contributed by atoms with Gasteiger partial charge in [-0.2, -0.15) is 0 Å². The maximum atomic E-state index is 5.79. The van der Waals surface area contributed by atoms with Crippen LogP contribution in [0, 0.1) is 0 Å². The molecule has 0 aromatic carbocycles. The first kappa shape index (κ1) is 15.9. The molecule has 98 valence electrons. The Hall–Kier alpha value is -0.120. The molecule has 0 saturated heterocycles. The van der Waals surface area contributed by atoms with Crippen molar-refractivity contribution in [3.63, 3.8) is 0 Å². The van der Waals surface area contributed by atoms with Gasteiger partial charge in [-0.05, 0) is 27.2 Å². The van der Waals surface area contributed by atoms with E-state index < -0.39 is 0 Å². The van der Waals surface area contributed by atoms with Gasteiger partial charge in [0.05, 0.1) is 39.4 Å². The van der Waals surface area contributed by atoms with Crippen molar-refractivity contribution in [2.24, 2.45) is 0 Å². The lowest BCUT2D eigenvalue weighted by molar-refractivity contribution is -0.870. The highest BCUT2D eigenvalue weighted by Crippen LogP contribution is 2.13. The number of hydrogen-bond acceptors (Lipinski definition) is 2. The molecular weight excluding hydrogens is 202 g/mol. The Morgan fingerprint density at radius 3 is 2.19 bits per heavy atom. The maximum Gasteiger partial charge on any atom is 0.0805 e. The van der Waals surface area contributed by atoms with Gasteiger partial charge in [0.1, 0.15) is 0 Å². The topological polar surface area (TPSA) is 18.5 Å². The third-order valence-corrected chi connectivity index (χ3v) is 2.87. The molecule has 0 spiro atoms. The fourth-order valence-corrected chi connectivity index (χ4v) is 1.26. The number of ether oxygens (including phenoxy) is 2. The first-order chi connectivity index (χ1) is 7.16. The van der Waals surface area contributed by atoms with Gasteiger partial charge in [-0.3, -0.25) is 0 Å². The smallest absolute Gasteiger partial charge is 0.0805 e. The molecule has 3 nitrogen and oxygen atoms in total. The SMILES string of the molecule is COC(C)(C)CCOC(C)CC[N+](C)(C)C. The minimum Gasteiger partial charge on any atom is -0.379 e. The second kappa shape index (κ2) is 6.58. The quantitative estimate of drug-likeness (QED) is 0.598. The van der Waals surface area contributed by atoms with Crippen molar-refractivity contribution in [2.75, 3.05) is 41.4 Å². The molecule has 0 aliphatic rings. The van der Waals surface area contributed by atoms with E-state index in [0.29, 0.717) is 6.10 Å². The van der Waals surface area contributed by atoms with E-state index in [-0.39, 0.29) is 5.60 Å². The first-order valence-electron chi connectivity index (χ1n) is 6.13. The van der Waals surface area contributed by atoms with Crippen LogP contribution >= 0.6 is 0 Å². The van der Waals surface area contributed by atoms with Crippen LogP contribution in [0.1, 0.15) is 33.6 Å². The van der Waals surface area contributed by atoms with E-state index in [1.807, 2.05) is 0 Å². The van der Waals surface area contributed by atoms with Crippen LogP contribution in [0.15, 0.2) is 0 Å². The summed E-state index contributed by atoms with van der Waals surface area (Å²) in [6.07, 6.45) is 2.39. The van der Waals surface area contributed by atoms with E-state index in [1.165, 1.54) is 0 Å². The van der Waals surface area contributed by atoms with Crippen molar-refractivity contribution in [3.8, 4) is 0 Å². The van der Waals surface area contributed by atoms with Gasteiger partial charge >= 0.3 is 0 Å². The lowest BCUT2D eigenvalue weighted by Gasteiger charge is -2.27. The summed E-state index contributed by atoms with van der Waals surface area (Å²) >= 11 is 0. The standard InChI is InChI=1S/C13H30NO2/c1-12(8-10-14(4,5)6)16-11-9-13(2,3)15-7/h12H,8-11H2,1-7H3/q+1. The lowest BCUT2D eigenvalue weighted by Crippen LogP contribution is -2.37. The van der Waals surface area contributed by atoms with Crippen molar-refractivity contribution < 1.29 is 14.0 Å². The van der Waals surface area contributed by atoms with Gasteiger partial charge in [-0.15, -0.1) is 0 Å². The maximum absolute atomic E-state index is 5.79. The highest BCUT2D eigenvalue weighted by Gasteiger charge is 2.17. The molecule has 3 heteroatoms. The summed E-state index contributed by atoms with van der Waals surface area (Å²) in [4.78, 5) is 0. The van der Waals surface area contributed by atoms with Gasteiger partial charge in [-0.1, -0.05) is 0 Å². The molecule has 16 heavy (non-hydrogen) atoms. The normalized spacial score (nSPS) is 15.2. The predicted molar refractivity (Wildman–Crippen MR) is 68.6 cm³/mol. The van der Waals surface area contributed by atoms with E-state index in [2.05, 4.69) is 41.9 Å². The average molecular weight is 232 g/mol. The summed E-state index contributed by atoms with van der Waals surface area (Å²) < 4.78 is 12.1. The minimum absolute atomic E-state index is 0.0696. The molecule has 0 aliphatic carbocycles. The Morgan fingerprint density at radius 1 is 1.19 bits per heavy atom. The molecule has 0 aromatic rings. The van der Waals surface area contributed by atoms with Crippen LogP contribution < -0.4 is 0 Å². The predicted octanol–water partition coefficient (Wildman–Crippen LogP) is 2.30. The Kier molecular flexibility index (Phi) is 6.53. The summed E-state index contributed by atoms with van der Waals surface area (Å²) in [6, 6.07) is 0. The zero-order valence-corrected chi connectivity index (χ0v) is 12.2. The largest absolute Gasteiger partial charge is 0.379 e. The van der Waals surface area contributed by atoms with E-state index >= 15 is 0 Å². The van der Waals surface area contributed by atoms with E-state index in [9.17, 15) is 0 Å². The van der Waals surface area contributed by atoms with Crippen LogP contribution in [0.2, 0.25) is 0 Å². The van der Waals surface area contributed by atoms with Crippen molar-refractivity contribution in [1.29, 1.82) is 0 Å². The van der Waals surface area contributed by atoms with Crippen molar-refractivity contribution in [1.82, 2.24) is 0 Å². The molecule has 0 aliphatic heterocycles. The molecule has 0 amide bonds.